The number of hydrogen-bond acceptors (Lipinski definition) is 4. The van der Waals surface area contributed by atoms with Gasteiger partial charge in [0.1, 0.15) is 5.60 Å². The molecule has 0 spiro atoms. The molecule has 0 aromatic rings. The monoisotopic (exact) mass is 324 g/mol. The van der Waals surface area contributed by atoms with Crippen LogP contribution < -0.4 is 5.32 Å². The molecule has 0 aromatic carbocycles. The molecule has 0 aromatic heterocycles. The summed E-state index contributed by atoms with van der Waals surface area (Å²) in [5, 5.41) is 2.77. The molecule has 1 saturated heterocycles. The molecule has 1 heterocycles. The topological polar surface area (TPSA) is 75.7 Å². The van der Waals surface area contributed by atoms with E-state index in [1.165, 1.54) is 0 Å². The lowest BCUT2D eigenvalue weighted by molar-refractivity contribution is -0.134. The Morgan fingerprint density at radius 3 is 2.22 bits per heavy atom. The second-order valence-electron chi connectivity index (χ2n) is 7.95. The van der Waals surface area contributed by atoms with E-state index in [1.54, 1.807) is 4.90 Å². The molecule has 130 valence electrons. The summed E-state index contributed by atoms with van der Waals surface area (Å²) < 4.78 is 5.36. The molecular formula is C17H28N2O4. The summed E-state index contributed by atoms with van der Waals surface area (Å²) in [7, 11) is 0. The van der Waals surface area contributed by atoms with Crippen molar-refractivity contribution in [3.63, 3.8) is 0 Å². The van der Waals surface area contributed by atoms with E-state index < -0.39 is 11.0 Å². The van der Waals surface area contributed by atoms with Crippen LogP contribution in [-0.2, 0) is 14.3 Å². The lowest BCUT2D eigenvalue weighted by atomic mass is 9.79. The summed E-state index contributed by atoms with van der Waals surface area (Å²) in [6.07, 6.45) is 2.74. The van der Waals surface area contributed by atoms with Crippen molar-refractivity contribution < 1.29 is 19.1 Å². The Bertz CT molecular complexity index is 483. The summed E-state index contributed by atoms with van der Waals surface area (Å²) >= 11 is 0. The van der Waals surface area contributed by atoms with Crippen molar-refractivity contribution in [3.05, 3.63) is 0 Å². The molecular weight excluding hydrogens is 296 g/mol. The van der Waals surface area contributed by atoms with Gasteiger partial charge in [-0.2, -0.15) is 0 Å². The normalized spacial score (nSPS) is 20.8. The smallest absolute Gasteiger partial charge is 0.410 e. The zero-order valence-electron chi connectivity index (χ0n) is 14.6. The average molecular weight is 324 g/mol. The quantitative estimate of drug-likeness (QED) is 0.859. The lowest BCUT2D eigenvalue weighted by Gasteiger charge is -2.38. The van der Waals surface area contributed by atoms with Crippen molar-refractivity contribution in [1.29, 1.82) is 0 Å². The molecule has 1 saturated carbocycles. The number of amides is 2. The van der Waals surface area contributed by atoms with Crippen LogP contribution in [0.15, 0.2) is 0 Å². The van der Waals surface area contributed by atoms with Crippen LogP contribution in [0.2, 0.25) is 0 Å². The number of nitrogens with zero attached hydrogens (tertiary/aromatic N) is 1. The minimum absolute atomic E-state index is 0.0876. The van der Waals surface area contributed by atoms with Crippen molar-refractivity contribution in [2.24, 2.45) is 11.3 Å². The first-order valence-corrected chi connectivity index (χ1v) is 8.40. The van der Waals surface area contributed by atoms with E-state index in [-0.39, 0.29) is 30.2 Å². The highest BCUT2D eigenvalue weighted by Gasteiger charge is 2.39. The molecule has 6 heteroatoms. The molecule has 2 rings (SSSR count). The van der Waals surface area contributed by atoms with Crippen molar-refractivity contribution in [1.82, 2.24) is 10.2 Å². The van der Waals surface area contributed by atoms with Crippen LogP contribution in [0.25, 0.3) is 0 Å². The largest absolute Gasteiger partial charge is 0.444 e. The van der Waals surface area contributed by atoms with Gasteiger partial charge in [-0.1, -0.05) is 6.92 Å². The van der Waals surface area contributed by atoms with Gasteiger partial charge in [0.05, 0.1) is 6.54 Å². The number of carbonyl (C=O) groups excluding carboxylic acids is 3. The fraction of sp³-hybridized carbons (Fsp3) is 0.824. The maximum absolute atomic E-state index is 12.4. The molecule has 0 bridgehead atoms. The van der Waals surface area contributed by atoms with Crippen molar-refractivity contribution in [3.8, 4) is 0 Å². The number of rotatable bonds is 4. The number of likely N-dealkylation sites (tertiary alicyclic amines) is 1. The third-order valence-electron chi connectivity index (χ3n) is 4.52. The molecule has 2 fully saturated rings. The first-order chi connectivity index (χ1) is 10.6. The van der Waals surface area contributed by atoms with Crippen LogP contribution >= 0.6 is 0 Å². The van der Waals surface area contributed by atoms with Crippen LogP contribution in [0.3, 0.4) is 0 Å². The molecule has 6 nitrogen and oxygen atoms in total. The number of hydrogen-bond donors (Lipinski definition) is 1. The van der Waals surface area contributed by atoms with Crippen LogP contribution in [0.5, 0.6) is 0 Å². The van der Waals surface area contributed by atoms with Crippen LogP contribution in [0, 0.1) is 11.3 Å². The maximum atomic E-state index is 12.4. The fourth-order valence-corrected chi connectivity index (χ4v) is 2.67. The van der Waals surface area contributed by atoms with Gasteiger partial charge in [0.25, 0.3) is 0 Å². The van der Waals surface area contributed by atoms with Gasteiger partial charge in [-0.25, -0.2) is 4.79 Å². The molecule has 2 aliphatic rings. The van der Waals surface area contributed by atoms with Gasteiger partial charge in [0.2, 0.25) is 5.91 Å². The first kappa shape index (κ1) is 17.8. The minimum Gasteiger partial charge on any atom is -0.444 e. The maximum Gasteiger partial charge on any atom is 0.410 e. The van der Waals surface area contributed by atoms with Gasteiger partial charge in [0, 0.05) is 24.4 Å². The van der Waals surface area contributed by atoms with Crippen LogP contribution in [0.4, 0.5) is 4.79 Å². The molecule has 1 aliphatic heterocycles. The van der Waals surface area contributed by atoms with E-state index in [2.05, 4.69) is 5.32 Å². The van der Waals surface area contributed by atoms with E-state index in [0.29, 0.717) is 25.9 Å². The second kappa shape index (κ2) is 6.49. The van der Waals surface area contributed by atoms with Crippen molar-refractivity contribution >= 4 is 17.8 Å². The summed E-state index contributed by atoms with van der Waals surface area (Å²) in [6, 6.07) is 0. The first-order valence-electron chi connectivity index (χ1n) is 8.40. The highest BCUT2D eigenvalue weighted by atomic mass is 16.6. The predicted octanol–water partition coefficient (Wildman–Crippen LogP) is 2.12. The number of ketones is 1. The number of nitrogens with one attached hydrogen (secondary N) is 1. The average Bonchev–Trinajstić information content (AvgIpc) is 3.27. The number of Topliss-reactive ketones (excluding diaryl/α,β-unsaturated/α-hetero) is 1. The summed E-state index contributed by atoms with van der Waals surface area (Å²) in [6.45, 7) is 8.53. The van der Waals surface area contributed by atoms with Gasteiger partial charge in [-0.15, -0.1) is 0 Å². The summed E-state index contributed by atoms with van der Waals surface area (Å²) in [5.74, 6) is 0.209. The fourth-order valence-electron chi connectivity index (χ4n) is 2.67. The van der Waals surface area contributed by atoms with Gasteiger partial charge < -0.3 is 15.0 Å². The van der Waals surface area contributed by atoms with E-state index >= 15 is 0 Å². The molecule has 23 heavy (non-hydrogen) atoms. The highest BCUT2D eigenvalue weighted by molar-refractivity contribution is 5.90. The standard InChI is InChI=1S/C17H28N2O4/c1-16(2,3)23-15(22)19-9-7-17(4,8-10-19)14(21)18-11-13(20)12-5-6-12/h12H,5-11H2,1-4H3,(H,18,21). The Hall–Kier alpha value is -1.59. The molecule has 1 N–H and O–H groups in total. The Morgan fingerprint density at radius 2 is 1.74 bits per heavy atom. The van der Waals surface area contributed by atoms with E-state index in [0.717, 1.165) is 12.8 Å². The Morgan fingerprint density at radius 1 is 1.17 bits per heavy atom. The molecule has 2 amide bonds. The Balaban J connectivity index is 1.80. The van der Waals surface area contributed by atoms with Crippen molar-refractivity contribution in [2.45, 2.75) is 59.0 Å². The minimum atomic E-state index is -0.525. The molecule has 1 aliphatic carbocycles. The van der Waals surface area contributed by atoms with E-state index in [9.17, 15) is 14.4 Å². The second-order valence-corrected chi connectivity index (χ2v) is 7.95. The number of piperidine rings is 1. The van der Waals surface area contributed by atoms with Crippen LogP contribution in [-0.4, -0.2) is 47.9 Å². The zero-order chi connectivity index (χ0) is 17.3. The molecule has 0 radical (unpaired) electrons. The third kappa shape index (κ3) is 4.94. The Labute approximate surface area is 137 Å². The Kier molecular flexibility index (Phi) is 5.01. The number of ether oxygens (including phenoxy) is 1. The lowest BCUT2D eigenvalue weighted by Crippen LogP contribution is -2.50. The van der Waals surface area contributed by atoms with E-state index in [4.69, 9.17) is 4.74 Å². The third-order valence-corrected chi connectivity index (χ3v) is 4.52. The highest BCUT2D eigenvalue weighted by Crippen LogP contribution is 2.32. The van der Waals surface area contributed by atoms with E-state index in [1.807, 2.05) is 27.7 Å². The predicted molar refractivity (Wildman–Crippen MR) is 85.9 cm³/mol. The molecule has 0 atom stereocenters. The number of carbonyl (C=O) groups is 3. The SMILES string of the molecule is CC(C)(C)OC(=O)N1CCC(C)(C(=O)NCC(=O)C2CC2)CC1. The van der Waals surface area contributed by atoms with Gasteiger partial charge in [0.15, 0.2) is 5.78 Å². The molecule has 0 unspecified atom stereocenters. The summed E-state index contributed by atoms with van der Waals surface area (Å²) in [5.41, 5.74) is -1.04. The van der Waals surface area contributed by atoms with Crippen molar-refractivity contribution in [2.75, 3.05) is 19.6 Å². The zero-order valence-corrected chi connectivity index (χ0v) is 14.6. The summed E-state index contributed by atoms with van der Waals surface area (Å²) in [4.78, 5) is 37.8. The van der Waals surface area contributed by atoms with Gasteiger partial charge in [-0.3, -0.25) is 9.59 Å². The van der Waals surface area contributed by atoms with Gasteiger partial charge in [-0.05, 0) is 46.5 Å². The van der Waals surface area contributed by atoms with Crippen LogP contribution in [0.1, 0.15) is 53.4 Å². The van der Waals surface area contributed by atoms with Gasteiger partial charge >= 0.3 is 6.09 Å².